The highest BCUT2D eigenvalue weighted by Gasteiger charge is 1.87. The third-order valence-electron chi connectivity index (χ3n) is 1.17. The Balaban J connectivity index is 3.94. The smallest absolute Gasteiger partial charge is 0.0135 e. The standard InChI is InChI=1S/C10H14/c1-4-7-10(8-5-2)9-6-3/h4-7H,1-3,8-9H2. The molecule has 0 rings (SSSR count). The Hall–Kier alpha value is -1.04. The second-order valence-electron chi connectivity index (χ2n) is 2.05. The lowest BCUT2D eigenvalue weighted by Crippen LogP contribution is -1.76. The molecule has 0 heterocycles. The number of hydrogen-bond acceptors (Lipinski definition) is 0. The van der Waals surface area contributed by atoms with Crippen LogP contribution in [0.1, 0.15) is 12.8 Å². The summed E-state index contributed by atoms with van der Waals surface area (Å²) in [4.78, 5) is 0. The van der Waals surface area contributed by atoms with Crippen molar-refractivity contribution in [2.24, 2.45) is 0 Å². The first kappa shape index (κ1) is 8.96. The van der Waals surface area contributed by atoms with E-state index in [1.54, 1.807) is 6.08 Å². The van der Waals surface area contributed by atoms with Gasteiger partial charge >= 0.3 is 0 Å². The minimum Gasteiger partial charge on any atom is -0.103 e. The van der Waals surface area contributed by atoms with E-state index < -0.39 is 0 Å². The first-order valence-corrected chi connectivity index (χ1v) is 3.37. The molecule has 0 saturated carbocycles. The molecule has 0 saturated heterocycles. The highest BCUT2D eigenvalue weighted by Crippen LogP contribution is 2.07. The van der Waals surface area contributed by atoms with Gasteiger partial charge in [0.25, 0.3) is 0 Å². The third-order valence-corrected chi connectivity index (χ3v) is 1.17. The van der Waals surface area contributed by atoms with Gasteiger partial charge in [-0.1, -0.05) is 36.5 Å². The van der Waals surface area contributed by atoms with Gasteiger partial charge in [-0.15, -0.1) is 13.2 Å². The number of hydrogen-bond donors (Lipinski definition) is 0. The lowest BCUT2D eigenvalue weighted by Gasteiger charge is -1.96. The Kier molecular flexibility index (Phi) is 5.45. The van der Waals surface area contributed by atoms with Crippen molar-refractivity contribution in [2.75, 3.05) is 0 Å². The topological polar surface area (TPSA) is 0 Å². The quantitative estimate of drug-likeness (QED) is 0.400. The van der Waals surface area contributed by atoms with Gasteiger partial charge in [-0.05, 0) is 12.8 Å². The molecular formula is C10H14. The van der Waals surface area contributed by atoms with Crippen molar-refractivity contribution >= 4 is 0 Å². The van der Waals surface area contributed by atoms with Gasteiger partial charge in [0.05, 0.1) is 0 Å². The molecule has 0 nitrogen and oxygen atoms in total. The van der Waals surface area contributed by atoms with Crippen molar-refractivity contribution in [3.8, 4) is 0 Å². The minimum atomic E-state index is 0.929. The summed E-state index contributed by atoms with van der Waals surface area (Å²) in [5, 5.41) is 0. The highest BCUT2D eigenvalue weighted by molar-refractivity contribution is 5.15. The molecule has 0 aromatic carbocycles. The van der Waals surface area contributed by atoms with E-state index in [1.807, 2.05) is 18.2 Å². The summed E-state index contributed by atoms with van der Waals surface area (Å²) in [5.74, 6) is 0. The van der Waals surface area contributed by atoms with E-state index >= 15 is 0 Å². The summed E-state index contributed by atoms with van der Waals surface area (Å²) in [6.07, 6.45) is 9.43. The fraction of sp³-hybridized carbons (Fsp3) is 0.200. The van der Waals surface area contributed by atoms with Crippen molar-refractivity contribution < 1.29 is 0 Å². The van der Waals surface area contributed by atoms with Crippen LogP contribution in [0, 0.1) is 0 Å². The average Bonchev–Trinajstić information content (AvgIpc) is 1.90. The zero-order chi connectivity index (χ0) is 7.82. The van der Waals surface area contributed by atoms with Crippen LogP contribution in [-0.2, 0) is 0 Å². The third kappa shape index (κ3) is 3.90. The van der Waals surface area contributed by atoms with Gasteiger partial charge in [-0.2, -0.15) is 0 Å². The molecular weight excluding hydrogens is 120 g/mol. The summed E-state index contributed by atoms with van der Waals surface area (Å²) in [6, 6.07) is 0. The van der Waals surface area contributed by atoms with Gasteiger partial charge in [0.1, 0.15) is 0 Å². The molecule has 0 unspecified atom stereocenters. The Morgan fingerprint density at radius 3 is 1.80 bits per heavy atom. The molecule has 0 N–H and O–H groups in total. The van der Waals surface area contributed by atoms with Crippen LogP contribution < -0.4 is 0 Å². The van der Waals surface area contributed by atoms with Crippen LogP contribution in [0.25, 0.3) is 0 Å². The largest absolute Gasteiger partial charge is 0.103 e. The Morgan fingerprint density at radius 1 is 1.00 bits per heavy atom. The van der Waals surface area contributed by atoms with Gasteiger partial charge < -0.3 is 0 Å². The molecule has 0 aliphatic heterocycles. The van der Waals surface area contributed by atoms with Crippen LogP contribution in [0.4, 0.5) is 0 Å². The molecule has 0 spiro atoms. The molecule has 0 bridgehead atoms. The molecule has 54 valence electrons. The first-order chi connectivity index (χ1) is 4.85. The second-order valence-corrected chi connectivity index (χ2v) is 2.05. The van der Waals surface area contributed by atoms with E-state index in [0.29, 0.717) is 0 Å². The van der Waals surface area contributed by atoms with E-state index in [9.17, 15) is 0 Å². The lowest BCUT2D eigenvalue weighted by atomic mass is 10.1. The van der Waals surface area contributed by atoms with Gasteiger partial charge in [0.15, 0.2) is 0 Å². The van der Waals surface area contributed by atoms with Crippen LogP contribution >= 0.6 is 0 Å². The zero-order valence-corrected chi connectivity index (χ0v) is 6.34. The summed E-state index contributed by atoms with van der Waals surface area (Å²) < 4.78 is 0. The molecule has 0 atom stereocenters. The average molecular weight is 134 g/mol. The first-order valence-electron chi connectivity index (χ1n) is 3.37. The summed E-state index contributed by atoms with van der Waals surface area (Å²) in [7, 11) is 0. The maximum Gasteiger partial charge on any atom is -0.0135 e. The molecule has 0 fully saturated rings. The lowest BCUT2D eigenvalue weighted by molar-refractivity contribution is 1.11. The molecule has 0 amide bonds. The van der Waals surface area contributed by atoms with Crippen LogP contribution in [0.3, 0.4) is 0 Å². The fourth-order valence-corrected chi connectivity index (χ4v) is 0.757. The van der Waals surface area contributed by atoms with Gasteiger partial charge in [0, 0.05) is 0 Å². The van der Waals surface area contributed by atoms with Crippen LogP contribution in [0.15, 0.2) is 49.6 Å². The minimum absolute atomic E-state index is 0.929. The zero-order valence-electron chi connectivity index (χ0n) is 6.34. The molecule has 0 aromatic heterocycles. The fourth-order valence-electron chi connectivity index (χ4n) is 0.757. The van der Waals surface area contributed by atoms with Gasteiger partial charge in [-0.25, -0.2) is 0 Å². The Bertz CT molecular complexity index is 137. The van der Waals surface area contributed by atoms with E-state index in [4.69, 9.17) is 0 Å². The van der Waals surface area contributed by atoms with E-state index in [0.717, 1.165) is 12.8 Å². The SMILES string of the molecule is C=CC=C(CC=C)CC=C. The van der Waals surface area contributed by atoms with Crippen molar-refractivity contribution in [1.82, 2.24) is 0 Å². The Labute approximate surface area is 63.3 Å². The molecule has 0 aliphatic rings. The highest BCUT2D eigenvalue weighted by atomic mass is 13.9. The van der Waals surface area contributed by atoms with E-state index in [2.05, 4.69) is 19.7 Å². The predicted octanol–water partition coefficient (Wildman–Crippen LogP) is 3.25. The monoisotopic (exact) mass is 134 g/mol. The Morgan fingerprint density at radius 2 is 1.50 bits per heavy atom. The van der Waals surface area contributed by atoms with Gasteiger partial charge in [0.2, 0.25) is 0 Å². The maximum absolute atomic E-state index is 3.66. The molecule has 0 aliphatic carbocycles. The molecule has 10 heavy (non-hydrogen) atoms. The van der Waals surface area contributed by atoms with Crippen LogP contribution in [-0.4, -0.2) is 0 Å². The molecule has 0 aromatic rings. The molecule has 0 radical (unpaired) electrons. The number of rotatable bonds is 5. The normalized spacial score (nSPS) is 8.00. The summed E-state index contributed by atoms with van der Waals surface area (Å²) in [6.45, 7) is 10.9. The van der Waals surface area contributed by atoms with Crippen molar-refractivity contribution in [3.05, 3.63) is 49.6 Å². The van der Waals surface area contributed by atoms with E-state index in [-0.39, 0.29) is 0 Å². The maximum atomic E-state index is 3.66. The van der Waals surface area contributed by atoms with Crippen LogP contribution in [0.5, 0.6) is 0 Å². The van der Waals surface area contributed by atoms with Crippen molar-refractivity contribution in [1.29, 1.82) is 0 Å². The second kappa shape index (κ2) is 6.09. The van der Waals surface area contributed by atoms with E-state index in [1.165, 1.54) is 5.57 Å². The van der Waals surface area contributed by atoms with Crippen molar-refractivity contribution in [2.45, 2.75) is 12.8 Å². The molecule has 0 heteroatoms. The summed E-state index contributed by atoms with van der Waals surface area (Å²) >= 11 is 0. The van der Waals surface area contributed by atoms with Crippen LogP contribution in [0.2, 0.25) is 0 Å². The number of allylic oxidation sites excluding steroid dienone is 5. The predicted molar refractivity (Wildman–Crippen MR) is 47.9 cm³/mol. The van der Waals surface area contributed by atoms with Crippen molar-refractivity contribution in [3.63, 3.8) is 0 Å². The van der Waals surface area contributed by atoms with Gasteiger partial charge in [-0.3, -0.25) is 0 Å². The summed E-state index contributed by atoms with van der Waals surface area (Å²) in [5.41, 5.74) is 1.31.